The van der Waals surface area contributed by atoms with Crippen LogP contribution in [0.2, 0.25) is 0 Å². The second-order valence-corrected chi connectivity index (χ2v) is 6.36. The molecule has 0 bridgehead atoms. The minimum absolute atomic E-state index is 0.101. The molecule has 120 valence electrons. The molecule has 2 aliphatic rings. The van der Waals surface area contributed by atoms with Gasteiger partial charge in [0.05, 0.1) is 12.2 Å². The standard InChI is InChI=1S/C17H28O4/c1-3-4-6-10-15-17(21-15)13(19)9-7-5-8-11-14-16(20-14)12(2)18/h14-17H,3-11H2,1-2H3/t14-,15-,16+,17+/m1/s1. The van der Waals surface area contributed by atoms with Gasteiger partial charge in [-0.05, 0) is 26.2 Å². The molecule has 2 saturated heterocycles. The molecule has 4 nitrogen and oxygen atoms in total. The van der Waals surface area contributed by atoms with Crippen molar-refractivity contribution >= 4 is 11.6 Å². The van der Waals surface area contributed by atoms with Gasteiger partial charge in [0.2, 0.25) is 0 Å². The number of rotatable bonds is 12. The van der Waals surface area contributed by atoms with Crippen LogP contribution >= 0.6 is 0 Å². The Morgan fingerprint density at radius 1 is 0.857 bits per heavy atom. The summed E-state index contributed by atoms with van der Waals surface area (Å²) in [6, 6.07) is 0. The van der Waals surface area contributed by atoms with Gasteiger partial charge in [-0.25, -0.2) is 0 Å². The van der Waals surface area contributed by atoms with Crippen molar-refractivity contribution in [2.75, 3.05) is 0 Å². The maximum Gasteiger partial charge on any atom is 0.164 e. The van der Waals surface area contributed by atoms with Gasteiger partial charge in [0.15, 0.2) is 11.6 Å². The highest BCUT2D eigenvalue weighted by atomic mass is 16.6. The third-order valence-corrected chi connectivity index (χ3v) is 4.39. The molecule has 0 radical (unpaired) electrons. The van der Waals surface area contributed by atoms with E-state index in [1.807, 2.05) is 0 Å². The lowest BCUT2D eigenvalue weighted by Gasteiger charge is -1.99. The fourth-order valence-corrected chi connectivity index (χ4v) is 2.92. The highest BCUT2D eigenvalue weighted by Gasteiger charge is 2.43. The van der Waals surface area contributed by atoms with Crippen molar-refractivity contribution in [3.8, 4) is 0 Å². The van der Waals surface area contributed by atoms with Gasteiger partial charge in [-0.2, -0.15) is 0 Å². The Morgan fingerprint density at radius 2 is 1.48 bits per heavy atom. The van der Waals surface area contributed by atoms with E-state index < -0.39 is 0 Å². The first-order chi connectivity index (χ1) is 10.1. The summed E-state index contributed by atoms with van der Waals surface area (Å²) < 4.78 is 10.7. The lowest BCUT2D eigenvalue weighted by Crippen LogP contribution is -2.09. The molecule has 4 atom stereocenters. The van der Waals surface area contributed by atoms with Crippen molar-refractivity contribution in [2.45, 2.75) is 96.1 Å². The molecule has 2 fully saturated rings. The highest BCUT2D eigenvalue weighted by molar-refractivity contribution is 5.85. The van der Waals surface area contributed by atoms with Crippen LogP contribution in [0.3, 0.4) is 0 Å². The van der Waals surface area contributed by atoms with Crippen LogP contribution in [-0.2, 0) is 19.1 Å². The number of unbranched alkanes of at least 4 members (excludes halogenated alkanes) is 4. The number of ether oxygens (including phenoxy) is 2. The normalized spacial score (nSPS) is 30.2. The Balaban J connectivity index is 1.43. The van der Waals surface area contributed by atoms with Crippen LogP contribution < -0.4 is 0 Å². The van der Waals surface area contributed by atoms with Gasteiger partial charge in [-0.3, -0.25) is 9.59 Å². The number of hydrogen-bond donors (Lipinski definition) is 0. The Bertz CT molecular complexity index is 366. The first kappa shape index (κ1) is 16.6. The zero-order chi connectivity index (χ0) is 15.2. The van der Waals surface area contributed by atoms with Crippen LogP contribution in [0.1, 0.15) is 71.6 Å². The topological polar surface area (TPSA) is 59.2 Å². The number of hydrogen-bond acceptors (Lipinski definition) is 4. The SMILES string of the molecule is CCCCC[C@H]1O[C@H]1C(=O)CCCCC[C@H]1O[C@H]1C(C)=O. The highest BCUT2D eigenvalue weighted by Crippen LogP contribution is 2.30. The fourth-order valence-electron chi connectivity index (χ4n) is 2.92. The van der Waals surface area contributed by atoms with Crippen LogP contribution in [0, 0.1) is 0 Å². The van der Waals surface area contributed by atoms with Crippen LogP contribution in [0.4, 0.5) is 0 Å². The number of epoxide rings is 2. The summed E-state index contributed by atoms with van der Waals surface area (Å²) in [7, 11) is 0. The summed E-state index contributed by atoms with van der Waals surface area (Å²) in [5.41, 5.74) is 0. The van der Waals surface area contributed by atoms with Gasteiger partial charge < -0.3 is 9.47 Å². The molecule has 0 aromatic heterocycles. The van der Waals surface area contributed by atoms with E-state index in [1.54, 1.807) is 6.92 Å². The lowest BCUT2D eigenvalue weighted by molar-refractivity contribution is -0.120. The van der Waals surface area contributed by atoms with E-state index in [4.69, 9.17) is 9.47 Å². The quantitative estimate of drug-likeness (QED) is 0.410. The number of ketones is 2. The van der Waals surface area contributed by atoms with Crippen LogP contribution in [0.25, 0.3) is 0 Å². The Labute approximate surface area is 127 Å². The van der Waals surface area contributed by atoms with Crippen molar-refractivity contribution in [3.05, 3.63) is 0 Å². The molecule has 4 heteroatoms. The van der Waals surface area contributed by atoms with Gasteiger partial charge in [0.1, 0.15) is 12.2 Å². The third-order valence-electron chi connectivity index (χ3n) is 4.39. The summed E-state index contributed by atoms with van der Waals surface area (Å²) in [6.45, 7) is 3.76. The molecule has 0 aromatic rings. The summed E-state index contributed by atoms with van der Waals surface area (Å²) in [6.07, 6.45) is 9.33. The minimum Gasteiger partial charge on any atom is -0.361 e. The minimum atomic E-state index is -0.143. The van der Waals surface area contributed by atoms with Gasteiger partial charge in [0.25, 0.3) is 0 Å². The Morgan fingerprint density at radius 3 is 2.10 bits per heavy atom. The molecule has 2 aliphatic heterocycles. The molecule has 2 rings (SSSR count). The van der Waals surface area contributed by atoms with E-state index in [1.165, 1.54) is 19.3 Å². The number of carbonyl (C=O) groups is 2. The van der Waals surface area contributed by atoms with Gasteiger partial charge >= 0.3 is 0 Å². The zero-order valence-corrected chi connectivity index (χ0v) is 13.3. The summed E-state index contributed by atoms with van der Waals surface area (Å²) in [4.78, 5) is 22.9. The molecule has 0 spiro atoms. The molecule has 21 heavy (non-hydrogen) atoms. The molecule has 0 aliphatic carbocycles. The van der Waals surface area contributed by atoms with E-state index in [-0.39, 0.29) is 36.0 Å². The maximum atomic E-state index is 11.9. The molecule has 0 aromatic carbocycles. The van der Waals surface area contributed by atoms with E-state index in [0.717, 1.165) is 32.1 Å². The summed E-state index contributed by atoms with van der Waals surface area (Å²) in [5, 5.41) is 0. The predicted molar refractivity (Wildman–Crippen MR) is 80.2 cm³/mol. The monoisotopic (exact) mass is 296 g/mol. The van der Waals surface area contributed by atoms with Crippen molar-refractivity contribution in [2.24, 2.45) is 0 Å². The average Bonchev–Trinajstić information content (AvgIpc) is 3.33. The summed E-state index contributed by atoms with van der Waals surface area (Å²) >= 11 is 0. The van der Waals surface area contributed by atoms with Crippen molar-refractivity contribution in [1.29, 1.82) is 0 Å². The predicted octanol–water partition coefficient (Wildman–Crippen LogP) is 3.21. The molecule has 0 saturated carbocycles. The third kappa shape index (κ3) is 5.51. The van der Waals surface area contributed by atoms with Crippen LogP contribution in [0.5, 0.6) is 0 Å². The van der Waals surface area contributed by atoms with Gasteiger partial charge in [0, 0.05) is 6.42 Å². The van der Waals surface area contributed by atoms with Crippen LogP contribution in [0.15, 0.2) is 0 Å². The molecule has 0 amide bonds. The van der Waals surface area contributed by atoms with E-state index in [2.05, 4.69) is 6.92 Å². The zero-order valence-electron chi connectivity index (χ0n) is 13.3. The Hall–Kier alpha value is -0.740. The van der Waals surface area contributed by atoms with Gasteiger partial charge in [-0.15, -0.1) is 0 Å². The van der Waals surface area contributed by atoms with Crippen molar-refractivity contribution in [3.63, 3.8) is 0 Å². The molecule has 0 N–H and O–H groups in total. The molecular formula is C17H28O4. The van der Waals surface area contributed by atoms with Crippen molar-refractivity contribution < 1.29 is 19.1 Å². The number of Topliss-reactive ketones (excluding diaryl/α,β-unsaturated/α-hetero) is 2. The largest absolute Gasteiger partial charge is 0.361 e. The Kier molecular flexibility index (Phi) is 6.37. The first-order valence-electron chi connectivity index (χ1n) is 8.47. The maximum absolute atomic E-state index is 11.9. The van der Waals surface area contributed by atoms with E-state index in [9.17, 15) is 9.59 Å². The second kappa shape index (κ2) is 8.04. The summed E-state index contributed by atoms with van der Waals surface area (Å²) in [5.74, 6) is 0.413. The van der Waals surface area contributed by atoms with E-state index in [0.29, 0.717) is 6.42 Å². The second-order valence-electron chi connectivity index (χ2n) is 6.36. The smallest absolute Gasteiger partial charge is 0.164 e. The average molecular weight is 296 g/mol. The lowest BCUT2D eigenvalue weighted by atomic mass is 10.0. The van der Waals surface area contributed by atoms with E-state index >= 15 is 0 Å². The van der Waals surface area contributed by atoms with Crippen LogP contribution in [-0.4, -0.2) is 36.0 Å². The number of carbonyl (C=O) groups excluding carboxylic acids is 2. The molecule has 2 heterocycles. The fraction of sp³-hybridized carbons (Fsp3) is 0.882. The molecule has 0 unspecified atom stereocenters. The van der Waals surface area contributed by atoms with Gasteiger partial charge in [-0.1, -0.05) is 39.0 Å². The first-order valence-corrected chi connectivity index (χ1v) is 8.47. The molecular weight excluding hydrogens is 268 g/mol. The van der Waals surface area contributed by atoms with Crippen molar-refractivity contribution in [1.82, 2.24) is 0 Å².